The number of nitrogens with zero attached hydrogens (tertiary/aromatic N) is 2. The van der Waals surface area contributed by atoms with E-state index in [0.29, 0.717) is 0 Å². The van der Waals surface area contributed by atoms with Crippen molar-refractivity contribution in [3.05, 3.63) is 65.5 Å². The van der Waals surface area contributed by atoms with E-state index in [1.807, 2.05) is 6.92 Å². The lowest BCUT2D eigenvalue weighted by atomic mass is 9.90. The summed E-state index contributed by atoms with van der Waals surface area (Å²) >= 11 is 0. The minimum absolute atomic E-state index is 0.866. The molecule has 0 amide bonds. The maximum Gasteiger partial charge on any atom is 0.104 e. The van der Waals surface area contributed by atoms with Crippen LogP contribution in [0.25, 0.3) is 11.0 Å². The average Bonchev–Trinajstić information content (AvgIpc) is 3.09. The van der Waals surface area contributed by atoms with Gasteiger partial charge in [-0.3, -0.25) is 0 Å². The SMILES string of the molecule is Cc1nc2c(CCC3CCN(CCCc4ccccc4)CC3)cccc2[nH]1. The topological polar surface area (TPSA) is 31.9 Å². The molecule has 0 spiro atoms. The number of para-hydroxylation sites is 1. The van der Waals surface area contributed by atoms with Crippen LogP contribution in [0.4, 0.5) is 0 Å². The van der Waals surface area contributed by atoms with Crippen LogP contribution in [0.3, 0.4) is 0 Å². The van der Waals surface area contributed by atoms with Crippen molar-refractivity contribution in [3.63, 3.8) is 0 Å². The van der Waals surface area contributed by atoms with E-state index in [2.05, 4.69) is 63.4 Å². The quantitative estimate of drug-likeness (QED) is 0.631. The molecule has 0 aliphatic carbocycles. The van der Waals surface area contributed by atoms with Gasteiger partial charge in [0.05, 0.1) is 11.0 Å². The molecule has 3 heteroatoms. The van der Waals surface area contributed by atoms with Crippen LogP contribution >= 0.6 is 0 Å². The Morgan fingerprint density at radius 3 is 2.63 bits per heavy atom. The molecule has 2 aromatic carbocycles. The molecule has 1 fully saturated rings. The predicted molar refractivity (Wildman–Crippen MR) is 113 cm³/mol. The van der Waals surface area contributed by atoms with Gasteiger partial charge in [0, 0.05) is 0 Å². The van der Waals surface area contributed by atoms with Crippen LogP contribution in [0.2, 0.25) is 0 Å². The van der Waals surface area contributed by atoms with E-state index >= 15 is 0 Å². The number of aromatic amines is 1. The zero-order valence-corrected chi connectivity index (χ0v) is 16.5. The third-order valence-electron chi connectivity index (χ3n) is 6.03. The standard InChI is InChI=1S/C24H31N3/c1-19-25-23-11-5-10-22(24(23)26-19)13-12-21-14-17-27(18-15-21)16-6-9-20-7-3-2-4-8-20/h2-5,7-8,10-11,21H,6,9,12-18H2,1H3,(H,25,26). The molecule has 1 aliphatic heterocycles. The fraction of sp³-hybridized carbons (Fsp3) is 0.458. The highest BCUT2D eigenvalue weighted by molar-refractivity contribution is 5.78. The largest absolute Gasteiger partial charge is 0.342 e. The van der Waals surface area contributed by atoms with Gasteiger partial charge in [0.2, 0.25) is 0 Å². The zero-order valence-electron chi connectivity index (χ0n) is 16.5. The number of hydrogen-bond acceptors (Lipinski definition) is 2. The van der Waals surface area contributed by atoms with Gasteiger partial charge in [-0.1, -0.05) is 42.5 Å². The molecule has 1 saturated heterocycles. The minimum atomic E-state index is 0.866. The Hall–Kier alpha value is -2.13. The maximum atomic E-state index is 4.68. The lowest BCUT2D eigenvalue weighted by molar-refractivity contribution is 0.178. The Bertz CT molecular complexity index is 844. The number of imidazole rings is 1. The molecule has 4 rings (SSSR count). The van der Waals surface area contributed by atoms with Crippen LogP contribution in [0.1, 0.15) is 42.6 Å². The van der Waals surface area contributed by atoms with Crippen LogP contribution in [0.15, 0.2) is 48.5 Å². The van der Waals surface area contributed by atoms with Crippen molar-refractivity contribution in [2.45, 2.75) is 45.4 Å². The third kappa shape index (κ3) is 4.78. The second kappa shape index (κ2) is 8.71. The van der Waals surface area contributed by atoms with Gasteiger partial charge < -0.3 is 9.88 Å². The fourth-order valence-corrected chi connectivity index (χ4v) is 4.43. The highest BCUT2D eigenvalue weighted by atomic mass is 15.1. The van der Waals surface area contributed by atoms with E-state index in [1.54, 1.807) is 0 Å². The van der Waals surface area contributed by atoms with E-state index in [-0.39, 0.29) is 0 Å². The number of aryl methyl sites for hydroxylation is 3. The Morgan fingerprint density at radius 1 is 1.00 bits per heavy atom. The van der Waals surface area contributed by atoms with E-state index in [9.17, 15) is 0 Å². The van der Waals surface area contributed by atoms with E-state index in [0.717, 1.165) is 18.2 Å². The molecule has 3 aromatic rings. The molecule has 142 valence electrons. The second-order valence-corrected chi connectivity index (χ2v) is 8.05. The minimum Gasteiger partial charge on any atom is -0.342 e. The van der Waals surface area contributed by atoms with Gasteiger partial charge in [-0.15, -0.1) is 0 Å². The first-order valence-electron chi connectivity index (χ1n) is 10.5. The molecular weight excluding hydrogens is 330 g/mol. The maximum absolute atomic E-state index is 4.68. The lowest BCUT2D eigenvalue weighted by Crippen LogP contribution is -2.34. The van der Waals surface area contributed by atoms with E-state index in [1.165, 1.54) is 73.9 Å². The van der Waals surface area contributed by atoms with E-state index in [4.69, 9.17) is 0 Å². The van der Waals surface area contributed by atoms with Crippen LogP contribution in [0.5, 0.6) is 0 Å². The summed E-state index contributed by atoms with van der Waals surface area (Å²) in [6.07, 6.45) is 7.62. The summed E-state index contributed by atoms with van der Waals surface area (Å²) in [6, 6.07) is 17.4. The Labute approximate surface area is 162 Å². The first kappa shape index (κ1) is 18.2. The smallest absolute Gasteiger partial charge is 0.104 e. The van der Waals surface area contributed by atoms with Gasteiger partial charge in [0.15, 0.2) is 0 Å². The van der Waals surface area contributed by atoms with Crippen molar-refractivity contribution in [2.24, 2.45) is 5.92 Å². The summed E-state index contributed by atoms with van der Waals surface area (Å²) in [5.74, 6) is 1.88. The van der Waals surface area contributed by atoms with Gasteiger partial charge in [-0.05, 0) is 88.2 Å². The van der Waals surface area contributed by atoms with Crippen LogP contribution in [0, 0.1) is 12.8 Å². The molecule has 3 nitrogen and oxygen atoms in total. The van der Waals surface area contributed by atoms with Gasteiger partial charge in [0.1, 0.15) is 5.82 Å². The number of likely N-dealkylation sites (tertiary alicyclic amines) is 1. The predicted octanol–water partition coefficient (Wildman–Crippen LogP) is 5.15. The van der Waals surface area contributed by atoms with Crippen LogP contribution < -0.4 is 0 Å². The molecule has 1 aliphatic rings. The molecule has 0 atom stereocenters. The molecule has 1 aromatic heterocycles. The van der Waals surface area contributed by atoms with Crippen molar-refractivity contribution in [2.75, 3.05) is 19.6 Å². The molecule has 0 saturated carbocycles. The molecule has 1 N–H and O–H groups in total. The molecule has 0 unspecified atom stereocenters. The van der Waals surface area contributed by atoms with Gasteiger partial charge >= 0.3 is 0 Å². The summed E-state index contributed by atoms with van der Waals surface area (Å²) in [5.41, 5.74) is 5.23. The number of aromatic nitrogens is 2. The highest BCUT2D eigenvalue weighted by Gasteiger charge is 2.19. The normalized spacial score (nSPS) is 16.2. The Morgan fingerprint density at radius 2 is 1.81 bits per heavy atom. The average molecular weight is 362 g/mol. The van der Waals surface area contributed by atoms with Crippen molar-refractivity contribution >= 4 is 11.0 Å². The summed E-state index contributed by atoms with van der Waals surface area (Å²) in [6.45, 7) is 5.82. The van der Waals surface area contributed by atoms with Gasteiger partial charge in [-0.2, -0.15) is 0 Å². The van der Waals surface area contributed by atoms with Crippen LogP contribution in [-0.4, -0.2) is 34.5 Å². The van der Waals surface area contributed by atoms with E-state index < -0.39 is 0 Å². The third-order valence-corrected chi connectivity index (χ3v) is 6.03. The fourth-order valence-electron chi connectivity index (χ4n) is 4.43. The molecule has 27 heavy (non-hydrogen) atoms. The summed E-state index contributed by atoms with van der Waals surface area (Å²) in [5, 5.41) is 0. The molecular formula is C24H31N3. The number of piperidine rings is 1. The molecule has 0 radical (unpaired) electrons. The number of nitrogens with one attached hydrogen (secondary N) is 1. The second-order valence-electron chi connectivity index (χ2n) is 8.05. The number of fused-ring (bicyclic) bond motifs is 1. The first-order valence-corrected chi connectivity index (χ1v) is 10.5. The van der Waals surface area contributed by atoms with Crippen molar-refractivity contribution < 1.29 is 0 Å². The summed E-state index contributed by atoms with van der Waals surface area (Å²) in [4.78, 5) is 10.7. The highest BCUT2D eigenvalue weighted by Crippen LogP contribution is 2.25. The molecule has 0 bridgehead atoms. The molecule has 2 heterocycles. The van der Waals surface area contributed by atoms with Crippen molar-refractivity contribution in [1.82, 2.24) is 14.9 Å². The number of rotatable bonds is 7. The number of H-pyrrole nitrogens is 1. The summed E-state index contributed by atoms with van der Waals surface area (Å²) in [7, 11) is 0. The Kier molecular flexibility index (Phi) is 5.88. The zero-order chi connectivity index (χ0) is 18.5. The monoisotopic (exact) mass is 361 g/mol. The summed E-state index contributed by atoms with van der Waals surface area (Å²) < 4.78 is 0. The van der Waals surface area contributed by atoms with Crippen molar-refractivity contribution in [1.29, 1.82) is 0 Å². The Balaban J connectivity index is 1.20. The lowest BCUT2D eigenvalue weighted by Gasteiger charge is -2.32. The number of hydrogen-bond donors (Lipinski definition) is 1. The first-order chi connectivity index (χ1) is 13.3. The van der Waals surface area contributed by atoms with Gasteiger partial charge in [0.25, 0.3) is 0 Å². The number of benzene rings is 2. The van der Waals surface area contributed by atoms with Crippen molar-refractivity contribution in [3.8, 4) is 0 Å². The van der Waals surface area contributed by atoms with Crippen LogP contribution in [-0.2, 0) is 12.8 Å². The van der Waals surface area contributed by atoms with Gasteiger partial charge in [-0.25, -0.2) is 4.98 Å².